The molecule has 0 atom stereocenters. The van der Waals surface area contributed by atoms with Gasteiger partial charge in [-0.15, -0.1) is 0 Å². The first-order chi connectivity index (χ1) is 18.9. The molecule has 2 aromatic carbocycles. The Morgan fingerprint density at radius 2 is 0.744 bits per heavy atom. The molecule has 0 aliphatic rings. The predicted molar refractivity (Wildman–Crippen MR) is 149 cm³/mol. The van der Waals surface area contributed by atoms with E-state index in [1.54, 1.807) is 62.4 Å². The summed E-state index contributed by atoms with van der Waals surface area (Å²) in [4.78, 5) is 46.5. The Hall–Kier alpha value is -4.72. The van der Waals surface area contributed by atoms with E-state index in [1.165, 1.54) is 24.3 Å². The van der Waals surface area contributed by atoms with E-state index in [0.717, 1.165) is 22.3 Å². The average molecular weight is 533 g/mol. The molecule has 0 bridgehead atoms. The highest BCUT2D eigenvalue weighted by atomic mass is 16.5. The molecular formula is C31H32O8. The number of hydrogen-bond acceptors (Lipinski definition) is 8. The van der Waals surface area contributed by atoms with Crippen molar-refractivity contribution < 1.29 is 38.1 Å². The number of carbonyl (C=O) groups is 4. The second-order valence-corrected chi connectivity index (χ2v) is 7.86. The number of hydrogen-bond donors (Lipinski definition) is 0. The molecule has 0 aliphatic carbocycles. The molecule has 204 valence electrons. The van der Waals surface area contributed by atoms with Gasteiger partial charge in [-0.25, -0.2) is 19.2 Å². The lowest BCUT2D eigenvalue weighted by Gasteiger charge is -2.03. The maximum Gasteiger partial charge on any atom is 0.330 e. The highest BCUT2D eigenvalue weighted by Crippen LogP contribution is 2.09. The van der Waals surface area contributed by atoms with E-state index < -0.39 is 23.9 Å². The zero-order chi connectivity index (χ0) is 28.3. The molecule has 0 radical (unpaired) electrons. The lowest BCUT2D eigenvalue weighted by molar-refractivity contribution is -0.140. The van der Waals surface area contributed by atoms with Crippen molar-refractivity contribution in [1.82, 2.24) is 0 Å². The van der Waals surface area contributed by atoms with Crippen LogP contribution in [0.1, 0.15) is 42.5 Å². The molecule has 0 amide bonds. The van der Waals surface area contributed by atoms with Gasteiger partial charge in [0, 0.05) is 30.7 Å². The highest BCUT2D eigenvalue weighted by molar-refractivity contribution is 5.89. The number of esters is 4. The normalized spacial score (nSPS) is 11.3. The van der Waals surface area contributed by atoms with E-state index in [-0.39, 0.29) is 13.2 Å². The number of rotatable bonds is 14. The van der Waals surface area contributed by atoms with Crippen molar-refractivity contribution in [2.24, 2.45) is 0 Å². The van der Waals surface area contributed by atoms with Crippen LogP contribution in [0.2, 0.25) is 0 Å². The third-order valence-electron chi connectivity index (χ3n) is 4.87. The minimum atomic E-state index is -0.506. The van der Waals surface area contributed by atoms with Crippen molar-refractivity contribution in [2.75, 3.05) is 26.4 Å². The van der Waals surface area contributed by atoms with Crippen LogP contribution in [0.15, 0.2) is 72.8 Å². The molecule has 0 spiro atoms. The lowest BCUT2D eigenvalue weighted by atomic mass is 10.1. The van der Waals surface area contributed by atoms with Crippen molar-refractivity contribution in [1.29, 1.82) is 0 Å². The number of benzene rings is 2. The Labute approximate surface area is 228 Å². The Kier molecular flexibility index (Phi) is 13.8. The minimum absolute atomic E-state index is 0.110. The van der Waals surface area contributed by atoms with Crippen LogP contribution >= 0.6 is 0 Å². The third-order valence-corrected chi connectivity index (χ3v) is 4.87. The summed E-state index contributed by atoms with van der Waals surface area (Å²) < 4.78 is 19.9. The summed E-state index contributed by atoms with van der Waals surface area (Å²) in [7, 11) is 0. The van der Waals surface area contributed by atoms with Crippen molar-refractivity contribution in [3.8, 4) is 0 Å². The summed E-state index contributed by atoms with van der Waals surface area (Å²) in [5, 5.41) is 0. The number of carbonyl (C=O) groups excluding carboxylic acids is 4. The van der Waals surface area contributed by atoms with Crippen molar-refractivity contribution in [3.05, 3.63) is 95.1 Å². The quantitative estimate of drug-likeness (QED) is 0.144. The van der Waals surface area contributed by atoms with Crippen molar-refractivity contribution in [2.45, 2.75) is 20.3 Å². The molecular weight excluding hydrogens is 500 g/mol. The lowest BCUT2D eigenvalue weighted by Crippen LogP contribution is -2.08. The first-order valence-corrected chi connectivity index (χ1v) is 12.5. The van der Waals surface area contributed by atoms with Crippen LogP contribution in [-0.2, 0) is 38.1 Å². The largest absolute Gasteiger partial charge is 0.463 e. The fraction of sp³-hybridized carbons (Fsp3) is 0.226. The van der Waals surface area contributed by atoms with Gasteiger partial charge in [0.15, 0.2) is 0 Å². The van der Waals surface area contributed by atoms with Gasteiger partial charge in [-0.3, -0.25) is 0 Å². The molecule has 0 aliphatic heterocycles. The van der Waals surface area contributed by atoms with Gasteiger partial charge in [0.2, 0.25) is 0 Å². The molecule has 2 aromatic rings. The summed E-state index contributed by atoms with van der Waals surface area (Å²) in [6.07, 6.45) is 12.2. The van der Waals surface area contributed by atoms with Gasteiger partial charge in [-0.2, -0.15) is 0 Å². The first kappa shape index (κ1) is 30.5. The summed E-state index contributed by atoms with van der Waals surface area (Å²) >= 11 is 0. The molecule has 39 heavy (non-hydrogen) atoms. The van der Waals surface area contributed by atoms with Crippen LogP contribution in [0.3, 0.4) is 0 Å². The van der Waals surface area contributed by atoms with Gasteiger partial charge >= 0.3 is 23.9 Å². The smallest absolute Gasteiger partial charge is 0.330 e. The van der Waals surface area contributed by atoms with E-state index in [0.29, 0.717) is 19.6 Å². The first-order valence-electron chi connectivity index (χ1n) is 12.5. The summed E-state index contributed by atoms with van der Waals surface area (Å²) in [5.41, 5.74) is 3.24. The molecule has 8 heteroatoms. The maximum atomic E-state index is 11.9. The van der Waals surface area contributed by atoms with Gasteiger partial charge in [-0.1, -0.05) is 48.5 Å². The minimum Gasteiger partial charge on any atom is -0.463 e. The van der Waals surface area contributed by atoms with Gasteiger partial charge < -0.3 is 18.9 Å². The molecule has 0 N–H and O–H groups in total. The van der Waals surface area contributed by atoms with Crippen LogP contribution < -0.4 is 0 Å². The van der Waals surface area contributed by atoms with E-state index in [2.05, 4.69) is 0 Å². The van der Waals surface area contributed by atoms with Crippen LogP contribution in [-0.4, -0.2) is 50.3 Å². The van der Waals surface area contributed by atoms with Gasteiger partial charge in [-0.05, 0) is 60.4 Å². The van der Waals surface area contributed by atoms with E-state index in [9.17, 15) is 19.2 Å². The molecule has 0 unspecified atom stereocenters. The summed E-state index contributed by atoms with van der Waals surface area (Å²) in [6, 6.07) is 14.5. The van der Waals surface area contributed by atoms with Crippen LogP contribution in [0.5, 0.6) is 0 Å². The highest BCUT2D eigenvalue weighted by Gasteiger charge is 2.01. The number of ether oxygens (including phenoxy) is 4. The SMILES string of the molecule is CCOC(=O)/C=C/c1ccc(/C=C/C(=O)OCCCOC(=O)/C=C/c2ccc(/C=C/C(=O)OCC)cc2)cc1. The second-order valence-electron chi connectivity index (χ2n) is 7.86. The maximum absolute atomic E-state index is 11.9. The molecule has 2 rings (SSSR count). The Morgan fingerprint density at radius 1 is 0.487 bits per heavy atom. The fourth-order valence-electron chi connectivity index (χ4n) is 2.97. The third kappa shape index (κ3) is 13.4. The van der Waals surface area contributed by atoms with Gasteiger partial charge in [0.25, 0.3) is 0 Å². The van der Waals surface area contributed by atoms with Crippen LogP contribution in [0.25, 0.3) is 24.3 Å². The summed E-state index contributed by atoms with van der Waals surface area (Å²) in [5.74, 6) is -1.82. The molecule has 8 nitrogen and oxygen atoms in total. The van der Waals surface area contributed by atoms with Crippen LogP contribution in [0, 0.1) is 0 Å². The Bertz CT molecular complexity index is 1110. The van der Waals surface area contributed by atoms with Gasteiger partial charge in [0.05, 0.1) is 26.4 Å². The van der Waals surface area contributed by atoms with E-state index in [1.807, 2.05) is 24.3 Å². The van der Waals surface area contributed by atoms with Gasteiger partial charge in [0.1, 0.15) is 0 Å². The fourth-order valence-corrected chi connectivity index (χ4v) is 2.97. The standard InChI is InChI=1S/C31H32O8/c1-3-36-28(32)18-14-24-6-10-26(11-7-24)16-20-30(34)38-22-5-23-39-31(35)21-17-27-12-8-25(9-13-27)15-19-29(33)37-4-2/h6-21H,3-5,22-23H2,1-2H3/b18-14+,19-15+,20-16+,21-17+. The van der Waals surface area contributed by atoms with E-state index in [4.69, 9.17) is 18.9 Å². The average Bonchev–Trinajstić information content (AvgIpc) is 2.94. The zero-order valence-electron chi connectivity index (χ0n) is 22.0. The Balaban J connectivity index is 1.64. The van der Waals surface area contributed by atoms with E-state index >= 15 is 0 Å². The molecule has 0 aromatic heterocycles. The summed E-state index contributed by atoms with van der Waals surface area (Å²) in [6.45, 7) is 4.35. The van der Waals surface area contributed by atoms with Crippen molar-refractivity contribution >= 4 is 48.2 Å². The second kappa shape index (κ2) is 17.7. The zero-order valence-corrected chi connectivity index (χ0v) is 22.0. The molecule has 0 fully saturated rings. The van der Waals surface area contributed by atoms with Crippen molar-refractivity contribution in [3.63, 3.8) is 0 Å². The van der Waals surface area contributed by atoms with Crippen LogP contribution in [0.4, 0.5) is 0 Å². The Morgan fingerprint density at radius 3 is 1.00 bits per heavy atom. The topological polar surface area (TPSA) is 105 Å². The predicted octanol–water partition coefficient (Wildman–Crippen LogP) is 5.04. The monoisotopic (exact) mass is 532 g/mol. The molecule has 0 saturated heterocycles. The molecule has 0 heterocycles. The molecule has 0 saturated carbocycles.